The Labute approximate surface area is 194 Å². The predicted octanol–water partition coefficient (Wildman–Crippen LogP) is 7.00. The van der Waals surface area contributed by atoms with Crippen molar-refractivity contribution in [2.45, 2.75) is 90.5 Å². The lowest BCUT2D eigenvalue weighted by Crippen LogP contribution is -2.23. The lowest BCUT2D eigenvalue weighted by atomic mass is 9.89. The number of amides is 1. The number of rotatable bonds is 8. The summed E-state index contributed by atoms with van der Waals surface area (Å²) < 4.78 is 5.59. The van der Waals surface area contributed by atoms with Crippen LogP contribution in [0.1, 0.15) is 102 Å². The van der Waals surface area contributed by atoms with E-state index in [2.05, 4.69) is 46.7 Å². The minimum Gasteiger partial charge on any atom is -0.478 e. The van der Waals surface area contributed by atoms with Crippen molar-refractivity contribution in [3.8, 4) is 0 Å². The number of allylic oxidation sites excluding steroid dienone is 3. The van der Waals surface area contributed by atoms with E-state index < -0.39 is 0 Å². The molecule has 174 valence electrons. The minimum absolute atomic E-state index is 0.0176. The summed E-state index contributed by atoms with van der Waals surface area (Å²) in [6.45, 7) is 6.29. The molecule has 1 saturated carbocycles. The van der Waals surface area contributed by atoms with Crippen LogP contribution in [0, 0.1) is 5.92 Å². The summed E-state index contributed by atoms with van der Waals surface area (Å²) in [6, 6.07) is 8.98. The summed E-state index contributed by atoms with van der Waals surface area (Å²) in [5, 5.41) is 2.97. The molecule has 1 amide bonds. The summed E-state index contributed by atoms with van der Waals surface area (Å²) in [7, 11) is 0. The van der Waals surface area contributed by atoms with E-state index in [1.54, 1.807) is 6.92 Å². The third-order valence-electron chi connectivity index (χ3n) is 6.80. The van der Waals surface area contributed by atoms with Crippen LogP contribution in [0.4, 0.5) is 0 Å². The number of carbonyl (C=O) groups is 1. The van der Waals surface area contributed by atoms with Gasteiger partial charge in [-0.1, -0.05) is 43.2 Å². The molecule has 3 rings (SSSR count). The molecule has 1 aromatic rings. The summed E-state index contributed by atoms with van der Waals surface area (Å²) in [6.07, 6.45) is 17.4. The molecule has 1 aromatic carbocycles. The van der Waals surface area contributed by atoms with Gasteiger partial charge in [-0.25, -0.2) is 4.99 Å². The number of carbonyl (C=O) groups excluding carboxylic acids is 1. The fraction of sp³-hybridized carbons (Fsp3) is 0.571. The number of nitrogens with one attached hydrogen (secondary N) is 1. The second kappa shape index (κ2) is 12.6. The third kappa shape index (κ3) is 7.65. The van der Waals surface area contributed by atoms with Crippen LogP contribution in [0.25, 0.3) is 0 Å². The molecule has 0 radical (unpaired) electrons. The Hall–Kier alpha value is -2.36. The van der Waals surface area contributed by atoms with Crippen LogP contribution in [0.15, 0.2) is 52.9 Å². The Balaban J connectivity index is 1.49. The van der Waals surface area contributed by atoms with Gasteiger partial charge in [0.25, 0.3) is 0 Å². The Bertz CT molecular complexity index is 822. The lowest BCUT2D eigenvalue weighted by Gasteiger charge is -2.18. The van der Waals surface area contributed by atoms with Gasteiger partial charge in [-0.15, -0.1) is 0 Å². The van der Waals surface area contributed by atoms with Crippen LogP contribution in [0.5, 0.6) is 0 Å². The number of hydrogen-bond donors (Lipinski definition) is 1. The predicted molar refractivity (Wildman–Crippen MR) is 133 cm³/mol. The SMILES string of the molecule is CCOC1=CCCC=C(CCC2CCCC(c3ccc(C(C)NC(C)=O)cc3)CC2)C=N1. The van der Waals surface area contributed by atoms with E-state index in [1.165, 1.54) is 55.2 Å². The van der Waals surface area contributed by atoms with E-state index in [9.17, 15) is 4.79 Å². The van der Waals surface area contributed by atoms with Gasteiger partial charge in [-0.2, -0.15) is 0 Å². The van der Waals surface area contributed by atoms with Crippen molar-refractivity contribution in [3.63, 3.8) is 0 Å². The first-order valence-electron chi connectivity index (χ1n) is 12.5. The van der Waals surface area contributed by atoms with Crippen molar-refractivity contribution in [1.29, 1.82) is 0 Å². The fourth-order valence-electron chi connectivity index (χ4n) is 4.95. The zero-order chi connectivity index (χ0) is 22.8. The normalized spacial score (nSPS) is 22.6. The summed E-state index contributed by atoms with van der Waals surface area (Å²) in [4.78, 5) is 15.9. The van der Waals surface area contributed by atoms with Crippen LogP contribution in [-0.2, 0) is 9.53 Å². The molecule has 1 N–H and O–H groups in total. The van der Waals surface area contributed by atoms with Crippen molar-refractivity contribution in [2.75, 3.05) is 6.61 Å². The zero-order valence-corrected chi connectivity index (χ0v) is 20.1. The first-order chi connectivity index (χ1) is 15.5. The van der Waals surface area contributed by atoms with E-state index in [0.29, 0.717) is 12.5 Å². The summed E-state index contributed by atoms with van der Waals surface area (Å²) >= 11 is 0. The lowest BCUT2D eigenvalue weighted by molar-refractivity contribution is -0.119. The highest BCUT2D eigenvalue weighted by Crippen LogP contribution is 2.36. The number of ether oxygens (including phenoxy) is 1. The summed E-state index contributed by atoms with van der Waals surface area (Å²) in [5.74, 6) is 2.25. The molecule has 32 heavy (non-hydrogen) atoms. The number of benzene rings is 1. The molecule has 3 atom stereocenters. The second-order valence-electron chi connectivity index (χ2n) is 9.29. The average Bonchev–Trinajstić information content (AvgIpc) is 3.01. The molecule has 4 nitrogen and oxygen atoms in total. The van der Waals surface area contributed by atoms with Crippen molar-refractivity contribution in [1.82, 2.24) is 5.32 Å². The molecular formula is C28H40N2O2. The van der Waals surface area contributed by atoms with Crippen LogP contribution in [0.3, 0.4) is 0 Å². The molecule has 1 fully saturated rings. The maximum atomic E-state index is 11.3. The maximum absolute atomic E-state index is 11.3. The van der Waals surface area contributed by atoms with Gasteiger partial charge in [0, 0.05) is 13.1 Å². The van der Waals surface area contributed by atoms with Gasteiger partial charge in [0.15, 0.2) is 0 Å². The standard InChI is InChI=1S/C28H40N2O2/c1-4-32-28-11-6-5-8-24(20-29-28)13-12-23-9-7-10-26(15-14-23)27-18-16-25(17-19-27)21(2)30-22(3)31/h8,11,16-21,23,26H,4-7,9-10,12-15H2,1-3H3,(H,30,31). The fourth-order valence-corrected chi connectivity index (χ4v) is 4.95. The van der Waals surface area contributed by atoms with Gasteiger partial charge in [-0.3, -0.25) is 4.79 Å². The first kappa shape index (κ1) is 24.3. The average molecular weight is 437 g/mol. The van der Waals surface area contributed by atoms with E-state index in [1.807, 2.05) is 20.1 Å². The molecule has 1 heterocycles. The van der Waals surface area contributed by atoms with Gasteiger partial charge in [-0.05, 0) is 93.4 Å². The molecule has 0 bridgehead atoms. The van der Waals surface area contributed by atoms with E-state index in [-0.39, 0.29) is 11.9 Å². The highest BCUT2D eigenvalue weighted by atomic mass is 16.5. The molecule has 0 aromatic heterocycles. The van der Waals surface area contributed by atoms with Crippen molar-refractivity contribution < 1.29 is 9.53 Å². The Morgan fingerprint density at radius 3 is 2.66 bits per heavy atom. The third-order valence-corrected chi connectivity index (χ3v) is 6.80. The molecule has 3 unspecified atom stereocenters. The van der Waals surface area contributed by atoms with Gasteiger partial charge in [0.1, 0.15) is 0 Å². The van der Waals surface area contributed by atoms with E-state index in [0.717, 1.165) is 31.1 Å². The van der Waals surface area contributed by atoms with Crippen molar-refractivity contribution in [2.24, 2.45) is 10.9 Å². The van der Waals surface area contributed by atoms with Crippen LogP contribution >= 0.6 is 0 Å². The highest BCUT2D eigenvalue weighted by molar-refractivity contribution is 5.79. The van der Waals surface area contributed by atoms with E-state index >= 15 is 0 Å². The highest BCUT2D eigenvalue weighted by Gasteiger charge is 2.20. The molecule has 1 aliphatic heterocycles. The maximum Gasteiger partial charge on any atom is 0.217 e. The minimum atomic E-state index is 0.0176. The first-order valence-corrected chi connectivity index (χ1v) is 12.5. The number of hydrogen-bond acceptors (Lipinski definition) is 3. The van der Waals surface area contributed by atoms with Gasteiger partial charge in [0.2, 0.25) is 11.8 Å². The second-order valence-corrected chi connectivity index (χ2v) is 9.29. The number of nitrogens with zero attached hydrogens (tertiary/aromatic N) is 1. The smallest absolute Gasteiger partial charge is 0.217 e. The molecule has 0 saturated heterocycles. The van der Waals surface area contributed by atoms with Gasteiger partial charge >= 0.3 is 0 Å². The van der Waals surface area contributed by atoms with Gasteiger partial charge in [0.05, 0.1) is 12.6 Å². The number of aliphatic imine (C=N–C) groups is 1. The van der Waals surface area contributed by atoms with Crippen LogP contribution < -0.4 is 5.32 Å². The Morgan fingerprint density at radius 2 is 1.91 bits per heavy atom. The van der Waals surface area contributed by atoms with Crippen molar-refractivity contribution in [3.05, 3.63) is 59.0 Å². The molecule has 0 spiro atoms. The monoisotopic (exact) mass is 436 g/mol. The van der Waals surface area contributed by atoms with Gasteiger partial charge < -0.3 is 10.1 Å². The Kier molecular flexibility index (Phi) is 9.58. The van der Waals surface area contributed by atoms with Crippen LogP contribution in [-0.4, -0.2) is 18.7 Å². The molecule has 1 aliphatic carbocycles. The largest absolute Gasteiger partial charge is 0.478 e. The topological polar surface area (TPSA) is 50.7 Å². The van der Waals surface area contributed by atoms with E-state index in [4.69, 9.17) is 4.74 Å². The molecule has 2 aliphatic rings. The zero-order valence-electron chi connectivity index (χ0n) is 20.1. The molecule has 4 heteroatoms. The quantitative estimate of drug-likeness (QED) is 0.446. The summed E-state index contributed by atoms with van der Waals surface area (Å²) in [5.41, 5.74) is 3.99. The molecular weight excluding hydrogens is 396 g/mol. The van der Waals surface area contributed by atoms with Crippen molar-refractivity contribution >= 4 is 12.1 Å². The Morgan fingerprint density at radius 1 is 1.12 bits per heavy atom. The van der Waals surface area contributed by atoms with Crippen LogP contribution in [0.2, 0.25) is 0 Å².